The number of benzene rings is 2. The maximum atomic E-state index is 6.19. The minimum Gasteiger partial charge on any atom is -0.490 e. The standard InChI is InChI=1S/C25H29NO2/c1-18(2)28-25(15-19-7-5-4-6-8-19)21-9-10-24-22(16-21)23(17-27-24)20-11-13-26(3)14-12-20/h4-10,15-18,20H,11-14H2,1-3H3. The summed E-state index contributed by atoms with van der Waals surface area (Å²) in [6.45, 7) is 6.43. The zero-order valence-electron chi connectivity index (χ0n) is 17.0. The summed E-state index contributed by atoms with van der Waals surface area (Å²) in [7, 11) is 2.20. The molecule has 3 nitrogen and oxygen atoms in total. The van der Waals surface area contributed by atoms with Gasteiger partial charge in [-0.05, 0) is 82.6 Å². The Morgan fingerprint density at radius 2 is 1.86 bits per heavy atom. The summed E-state index contributed by atoms with van der Waals surface area (Å²) >= 11 is 0. The van der Waals surface area contributed by atoms with Crippen molar-refractivity contribution in [1.29, 1.82) is 0 Å². The van der Waals surface area contributed by atoms with Gasteiger partial charge in [-0.3, -0.25) is 0 Å². The maximum absolute atomic E-state index is 6.19. The zero-order chi connectivity index (χ0) is 19.5. The Balaban J connectivity index is 1.72. The van der Waals surface area contributed by atoms with Crippen molar-refractivity contribution in [3.05, 3.63) is 71.5 Å². The number of fused-ring (bicyclic) bond motifs is 1. The molecular weight excluding hydrogens is 346 g/mol. The second-order valence-corrected chi connectivity index (χ2v) is 8.07. The van der Waals surface area contributed by atoms with Crippen molar-refractivity contribution < 1.29 is 9.15 Å². The lowest BCUT2D eigenvalue weighted by Gasteiger charge is -2.28. The molecule has 1 aliphatic heterocycles. The largest absolute Gasteiger partial charge is 0.490 e. The molecule has 3 aromatic rings. The molecule has 0 unspecified atom stereocenters. The fourth-order valence-electron chi connectivity index (χ4n) is 3.98. The van der Waals surface area contributed by atoms with Gasteiger partial charge >= 0.3 is 0 Å². The van der Waals surface area contributed by atoms with Crippen LogP contribution in [0.1, 0.15) is 49.3 Å². The first-order valence-electron chi connectivity index (χ1n) is 10.2. The number of nitrogens with zero attached hydrogens (tertiary/aromatic N) is 1. The van der Waals surface area contributed by atoms with Gasteiger partial charge in [0.15, 0.2) is 0 Å². The Hall–Kier alpha value is -2.52. The van der Waals surface area contributed by atoms with Gasteiger partial charge < -0.3 is 14.1 Å². The predicted molar refractivity (Wildman–Crippen MR) is 116 cm³/mol. The molecule has 1 fully saturated rings. The van der Waals surface area contributed by atoms with Gasteiger partial charge in [0, 0.05) is 16.5 Å². The first-order chi connectivity index (χ1) is 13.6. The zero-order valence-corrected chi connectivity index (χ0v) is 17.0. The molecule has 0 spiro atoms. The van der Waals surface area contributed by atoms with Crippen molar-refractivity contribution in [2.24, 2.45) is 0 Å². The fraction of sp³-hybridized carbons (Fsp3) is 0.360. The summed E-state index contributed by atoms with van der Waals surface area (Å²) in [6, 6.07) is 16.8. The molecule has 0 radical (unpaired) electrons. The van der Waals surface area contributed by atoms with Crippen LogP contribution in [0.2, 0.25) is 0 Å². The molecule has 0 saturated carbocycles. The van der Waals surface area contributed by atoms with E-state index in [9.17, 15) is 0 Å². The van der Waals surface area contributed by atoms with Gasteiger partial charge in [-0.25, -0.2) is 0 Å². The van der Waals surface area contributed by atoms with Gasteiger partial charge in [0.25, 0.3) is 0 Å². The maximum Gasteiger partial charge on any atom is 0.134 e. The number of likely N-dealkylation sites (tertiary alicyclic amines) is 1. The molecule has 0 amide bonds. The van der Waals surface area contributed by atoms with Crippen LogP contribution >= 0.6 is 0 Å². The van der Waals surface area contributed by atoms with E-state index >= 15 is 0 Å². The molecule has 146 valence electrons. The molecule has 0 bridgehead atoms. The first kappa shape index (κ1) is 18.8. The highest BCUT2D eigenvalue weighted by Gasteiger charge is 2.22. The highest BCUT2D eigenvalue weighted by molar-refractivity contribution is 5.87. The third-order valence-corrected chi connectivity index (χ3v) is 5.51. The van der Waals surface area contributed by atoms with Crippen LogP contribution in [0.5, 0.6) is 0 Å². The van der Waals surface area contributed by atoms with E-state index in [1.54, 1.807) is 0 Å². The number of piperidine rings is 1. The summed E-state index contributed by atoms with van der Waals surface area (Å²) < 4.78 is 12.1. The normalized spacial score (nSPS) is 16.8. The third-order valence-electron chi connectivity index (χ3n) is 5.51. The fourth-order valence-corrected chi connectivity index (χ4v) is 3.98. The summed E-state index contributed by atoms with van der Waals surface area (Å²) in [5.41, 5.74) is 4.54. The Morgan fingerprint density at radius 1 is 1.11 bits per heavy atom. The lowest BCUT2D eigenvalue weighted by atomic mass is 9.89. The third kappa shape index (κ3) is 4.15. The Kier molecular flexibility index (Phi) is 5.54. The molecule has 1 aromatic heterocycles. The number of furan rings is 1. The van der Waals surface area contributed by atoms with E-state index in [-0.39, 0.29) is 6.10 Å². The lowest BCUT2D eigenvalue weighted by Crippen LogP contribution is -2.29. The van der Waals surface area contributed by atoms with E-state index in [0.29, 0.717) is 5.92 Å². The summed E-state index contributed by atoms with van der Waals surface area (Å²) in [4.78, 5) is 2.40. The van der Waals surface area contributed by atoms with Crippen LogP contribution in [0, 0.1) is 0 Å². The highest BCUT2D eigenvalue weighted by atomic mass is 16.5. The smallest absolute Gasteiger partial charge is 0.134 e. The van der Waals surface area contributed by atoms with E-state index in [1.165, 1.54) is 23.8 Å². The molecule has 1 aliphatic rings. The monoisotopic (exact) mass is 375 g/mol. The van der Waals surface area contributed by atoms with E-state index < -0.39 is 0 Å². The van der Waals surface area contributed by atoms with Crippen LogP contribution in [0.4, 0.5) is 0 Å². The Labute approximate surface area is 167 Å². The molecule has 28 heavy (non-hydrogen) atoms. The number of hydrogen-bond donors (Lipinski definition) is 0. The van der Waals surface area contributed by atoms with Crippen LogP contribution < -0.4 is 0 Å². The topological polar surface area (TPSA) is 25.6 Å². The van der Waals surface area contributed by atoms with Gasteiger partial charge in [-0.15, -0.1) is 0 Å². The summed E-state index contributed by atoms with van der Waals surface area (Å²) in [6.07, 6.45) is 6.57. The van der Waals surface area contributed by atoms with Gasteiger partial charge in [0.2, 0.25) is 0 Å². The van der Waals surface area contributed by atoms with Gasteiger partial charge in [0.05, 0.1) is 12.4 Å². The molecule has 4 rings (SSSR count). The number of ether oxygens (including phenoxy) is 1. The van der Waals surface area contributed by atoms with Crippen LogP contribution in [-0.4, -0.2) is 31.1 Å². The second kappa shape index (κ2) is 8.24. The van der Waals surface area contributed by atoms with Gasteiger partial charge in [0.1, 0.15) is 11.3 Å². The van der Waals surface area contributed by atoms with Crippen molar-refractivity contribution in [2.75, 3.05) is 20.1 Å². The Bertz CT molecular complexity index is 947. The Morgan fingerprint density at radius 3 is 2.57 bits per heavy atom. The number of rotatable bonds is 5. The van der Waals surface area contributed by atoms with E-state index in [0.717, 1.165) is 35.6 Å². The molecule has 2 aromatic carbocycles. The first-order valence-corrected chi connectivity index (χ1v) is 10.2. The minimum atomic E-state index is 0.114. The van der Waals surface area contributed by atoms with Crippen molar-refractivity contribution in [3.8, 4) is 0 Å². The molecule has 0 N–H and O–H groups in total. The van der Waals surface area contributed by atoms with Crippen molar-refractivity contribution in [2.45, 2.75) is 38.7 Å². The lowest BCUT2D eigenvalue weighted by molar-refractivity contribution is 0.206. The minimum absolute atomic E-state index is 0.114. The molecule has 0 aliphatic carbocycles. The predicted octanol–water partition coefficient (Wildman–Crippen LogP) is 6.17. The van der Waals surface area contributed by atoms with E-state index in [1.807, 2.05) is 12.3 Å². The quantitative estimate of drug-likeness (QED) is 0.394. The molecular formula is C25H29NO2. The molecule has 2 heterocycles. The SMILES string of the molecule is CC(C)OC(=Cc1ccccc1)c1ccc2occ(C3CCN(C)CC3)c2c1. The van der Waals surface area contributed by atoms with Crippen LogP contribution in [0.15, 0.2) is 59.2 Å². The molecule has 0 atom stereocenters. The van der Waals surface area contributed by atoms with Gasteiger partial charge in [-0.2, -0.15) is 0 Å². The van der Waals surface area contributed by atoms with Crippen molar-refractivity contribution in [3.63, 3.8) is 0 Å². The average Bonchev–Trinajstić information content (AvgIpc) is 3.12. The van der Waals surface area contributed by atoms with Crippen LogP contribution in [0.3, 0.4) is 0 Å². The van der Waals surface area contributed by atoms with Crippen molar-refractivity contribution in [1.82, 2.24) is 4.90 Å². The van der Waals surface area contributed by atoms with Crippen LogP contribution in [-0.2, 0) is 4.74 Å². The van der Waals surface area contributed by atoms with Crippen LogP contribution in [0.25, 0.3) is 22.8 Å². The highest BCUT2D eigenvalue weighted by Crippen LogP contribution is 2.36. The molecule has 3 heteroatoms. The van der Waals surface area contributed by atoms with E-state index in [4.69, 9.17) is 9.15 Å². The summed E-state index contributed by atoms with van der Waals surface area (Å²) in [5.74, 6) is 1.47. The second-order valence-electron chi connectivity index (χ2n) is 8.07. The average molecular weight is 376 g/mol. The summed E-state index contributed by atoms with van der Waals surface area (Å²) in [5, 5.41) is 1.22. The van der Waals surface area contributed by atoms with E-state index in [2.05, 4.69) is 74.3 Å². The van der Waals surface area contributed by atoms with Crippen molar-refractivity contribution >= 4 is 22.8 Å². The van der Waals surface area contributed by atoms with Gasteiger partial charge in [-0.1, -0.05) is 30.3 Å². The molecule has 1 saturated heterocycles. The number of hydrogen-bond acceptors (Lipinski definition) is 3.